The van der Waals surface area contributed by atoms with Gasteiger partial charge in [0, 0.05) is 11.2 Å². The van der Waals surface area contributed by atoms with Crippen LogP contribution in [0.5, 0.6) is 0 Å². The fourth-order valence-electron chi connectivity index (χ4n) is 1.85. The van der Waals surface area contributed by atoms with Gasteiger partial charge in [-0.15, -0.1) is 0 Å². The van der Waals surface area contributed by atoms with Gasteiger partial charge in [0.25, 0.3) is 0 Å². The van der Waals surface area contributed by atoms with Crippen molar-refractivity contribution in [2.24, 2.45) is 0 Å². The molecule has 1 amide bonds. The van der Waals surface area contributed by atoms with Gasteiger partial charge in [-0.1, -0.05) is 6.07 Å². The summed E-state index contributed by atoms with van der Waals surface area (Å²) in [4.78, 5) is 11.7. The van der Waals surface area contributed by atoms with E-state index in [0.29, 0.717) is 5.11 Å². The molecule has 0 radical (unpaired) electrons. The Morgan fingerprint density at radius 3 is 2.20 bits per heavy atom. The van der Waals surface area contributed by atoms with E-state index in [0.717, 1.165) is 5.69 Å². The Morgan fingerprint density at radius 1 is 1.15 bits per heavy atom. The molecule has 0 atom stereocenters. The maximum Gasteiger partial charge on any atom is 0.239 e. The summed E-state index contributed by atoms with van der Waals surface area (Å²) in [6.45, 7) is 10.1. The summed E-state index contributed by atoms with van der Waals surface area (Å²) in [5.74, 6) is -0.0814. The second-order valence-corrected chi connectivity index (χ2v) is 6.39. The molecule has 0 aliphatic carbocycles. The zero-order valence-electron chi connectivity index (χ0n) is 12.8. The molecule has 4 nitrogen and oxygen atoms in total. The number of thiocarbonyl (C=S) groups is 1. The van der Waals surface area contributed by atoms with Crippen molar-refractivity contribution in [2.45, 2.75) is 40.2 Å². The summed E-state index contributed by atoms with van der Waals surface area (Å²) in [6.07, 6.45) is 0. The molecular formula is C15H23N3OS. The van der Waals surface area contributed by atoms with Crippen LogP contribution < -0.4 is 16.0 Å². The van der Waals surface area contributed by atoms with E-state index in [1.807, 2.05) is 46.8 Å². The highest BCUT2D eigenvalue weighted by atomic mass is 32.1. The van der Waals surface area contributed by atoms with Gasteiger partial charge in [0.1, 0.15) is 0 Å². The number of anilines is 1. The maximum absolute atomic E-state index is 11.7. The zero-order valence-corrected chi connectivity index (χ0v) is 13.6. The summed E-state index contributed by atoms with van der Waals surface area (Å²) in [5.41, 5.74) is 3.03. The lowest BCUT2D eigenvalue weighted by Gasteiger charge is -2.21. The van der Waals surface area contributed by atoms with Gasteiger partial charge in [-0.25, -0.2) is 0 Å². The summed E-state index contributed by atoms with van der Waals surface area (Å²) < 4.78 is 0. The molecule has 1 aromatic carbocycles. The van der Waals surface area contributed by atoms with Gasteiger partial charge in [0.05, 0.1) is 6.54 Å². The maximum atomic E-state index is 11.7. The van der Waals surface area contributed by atoms with Crippen LogP contribution in [0.4, 0.5) is 5.69 Å². The van der Waals surface area contributed by atoms with E-state index < -0.39 is 0 Å². The van der Waals surface area contributed by atoms with Crippen molar-refractivity contribution in [3.63, 3.8) is 0 Å². The molecule has 110 valence electrons. The Hall–Kier alpha value is -1.62. The molecule has 0 spiro atoms. The largest absolute Gasteiger partial charge is 0.353 e. The number of aryl methyl sites for hydroxylation is 2. The number of nitrogens with one attached hydrogen (secondary N) is 3. The minimum Gasteiger partial charge on any atom is -0.353 e. The molecule has 0 bridgehead atoms. The lowest BCUT2D eigenvalue weighted by atomic mass is 10.1. The molecule has 0 aliphatic heterocycles. The predicted octanol–water partition coefficient (Wildman–Crippen LogP) is 2.50. The van der Waals surface area contributed by atoms with E-state index in [9.17, 15) is 4.79 Å². The second-order valence-electron chi connectivity index (χ2n) is 5.98. The Kier molecular flexibility index (Phi) is 5.51. The number of amides is 1. The molecule has 0 saturated carbocycles. The first-order chi connectivity index (χ1) is 9.15. The number of carbonyl (C=O) groups excluding carboxylic acids is 1. The van der Waals surface area contributed by atoms with E-state index in [4.69, 9.17) is 12.2 Å². The van der Waals surface area contributed by atoms with Gasteiger partial charge in [-0.05, 0) is 70.1 Å². The third kappa shape index (κ3) is 6.52. The van der Waals surface area contributed by atoms with Crippen LogP contribution in [-0.2, 0) is 4.79 Å². The molecule has 0 aromatic heterocycles. The van der Waals surface area contributed by atoms with Gasteiger partial charge in [0.2, 0.25) is 5.91 Å². The van der Waals surface area contributed by atoms with Crippen LogP contribution in [0.3, 0.4) is 0 Å². The van der Waals surface area contributed by atoms with Crippen molar-refractivity contribution in [1.82, 2.24) is 10.6 Å². The SMILES string of the molecule is Cc1cc(C)cc(NC(=S)NCC(=O)NC(C)(C)C)c1. The molecule has 20 heavy (non-hydrogen) atoms. The first-order valence-electron chi connectivity index (χ1n) is 6.60. The number of carbonyl (C=O) groups is 1. The Balaban J connectivity index is 2.46. The van der Waals surface area contributed by atoms with Crippen molar-refractivity contribution in [2.75, 3.05) is 11.9 Å². The van der Waals surface area contributed by atoms with Crippen molar-refractivity contribution < 1.29 is 4.79 Å². The smallest absolute Gasteiger partial charge is 0.239 e. The molecule has 3 N–H and O–H groups in total. The van der Waals surface area contributed by atoms with Crippen LogP contribution in [0.1, 0.15) is 31.9 Å². The normalized spacial score (nSPS) is 10.8. The second kappa shape index (κ2) is 6.70. The van der Waals surface area contributed by atoms with Crippen molar-refractivity contribution in [1.29, 1.82) is 0 Å². The number of hydrogen-bond donors (Lipinski definition) is 3. The van der Waals surface area contributed by atoms with E-state index in [2.05, 4.69) is 22.0 Å². The fraction of sp³-hybridized carbons (Fsp3) is 0.467. The first-order valence-corrected chi connectivity index (χ1v) is 7.01. The van der Waals surface area contributed by atoms with E-state index >= 15 is 0 Å². The molecule has 0 unspecified atom stereocenters. The molecule has 1 rings (SSSR count). The topological polar surface area (TPSA) is 53.2 Å². The molecule has 5 heteroatoms. The molecule has 0 fully saturated rings. The average Bonchev–Trinajstić information content (AvgIpc) is 2.22. The monoisotopic (exact) mass is 293 g/mol. The van der Waals surface area contributed by atoms with Gasteiger partial charge in [0.15, 0.2) is 5.11 Å². The van der Waals surface area contributed by atoms with Crippen molar-refractivity contribution >= 4 is 28.9 Å². The lowest BCUT2D eigenvalue weighted by molar-refractivity contribution is -0.121. The number of rotatable bonds is 3. The Labute approximate surface area is 126 Å². The fourth-order valence-corrected chi connectivity index (χ4v) is 2.04. The van der Waals surface area contributed by atoms with Crippen LogP contribution in [0.15, 0.2) is 18.2 Å². The van der Waals surface area contributed by atoms with Gasteiger partial charge in [-0.2, -0.15) is 0 Å². The third-order valence-corrected chi connectivity index (χ3v) is 2.65. The van der Waals surface area contributed by atoms with Crippen LogP contribution in [0, 0.1) is 13.8 Å². The van der Waals surface area contributed by atoms with Crippen LogP contribution in [-0.4, -0.2) is 23.1 Å². The van der Waals surface area contributed by atoms with Gasteiger partial charge < -0.3 is 16.0 Å². The number of benzene rings is 1. The molecule has 0 saturated heterocycles. The Morgan fingerprint density at radius 2 is 1.70 bits per heavy atom. The van der Waals surface area contributed by atoms with Crippen LogP contribution in [0.2, 0.25) is 0 Å². The zero-order chi connectivity index (χ0) is 15.3. The summed E-state index contributed by atoms with van der Waals surface area (Å²) in [5, 5.41) is 9.29. The molecule has 1 aromatic rings. The van der Waals surface area contributed by atoms with Crippen LogP contribution in [0.25, 0.3) is 0 Å². The summed E-state index contributed by atoms with van der Waals surface area (Å²) >= 11 is 5.18. The Bertz CT molecular complexity index is 486. The third-order valence-electron chi connectivity index (χ3n) is 2.40. The summed E-state index contributed by atoms with van der Waals surface area (Å²) in [6, 6.07) is 6.12. The van der Waals surface area contributed by atoms with Crippen molar-refractivity contribution in [3.8, 4) is 0 Å². The molecule has 0 heterocycles. The lowest BCUT2D eigenvalue weighted by Crippen LogP contribution is -2.46. The van der Waals surface area contributed by atoms with Crippen molar-refractivity contribution in [3.05, 3.63) is 29.3 Å². The van der Waals surface area contributed by atoms with Gasteiger partial charge >= 0.3 is 0 Å². The standard InChI is InChI=1S/C15H23N3OS/c1-10-6-11(2)8-12(7-10)17-14(20)16-9-13(19)18-15(3,4)5/h6-8H,9H2,1-5H3,(H,18,19)(H2,16,17,20). The van der Waals surface area contributed by atoms with E-state index in [-0.39, 0.29) is 18.0 Å². The molecular weight excluding hydrogens is 270 g/mol. The minimum absolute atomic E-state index is 0.0814. The highest BCUT2D eigenvalue weighted by molar-refractivity contribution is 7.80. The highest BCUT2D eigenvalue weighted by Crippen LogP contribution is 2.13. The predicted molar refractivity (Wildman–Crippen MR) is 88.0 cm³/mol. The van der Waals surface area contributed by atoms with Gasteiger partial charge in [-0.3, -0.25) is 4.79 Å². The number of hydrogen-bond acceptors (Lipinski definition) is 2. The van der Waals surface area contributed by atoms with E-state index in [1.54, 1.807) is 0 Å². The highest BCUT2D eigenvalue weighted by Gasteiger charge is 2.13. The molecule has 0 aliphatic rings. The minimum atomic E-state index is -0.235. The first kappa shape index (κ1) is 16.4. The van der Waals surface area contributed by atoms with E-state index in [1.165, 1.54) is 11.1 Å². The van der Waals surface area contributed by atoms with Crippen LogP contribution >= 0.6 is 12.2 Å². The average molecular weight is 293 g/mol. The summed E-state index contributed by atoms with van der Waals surface area (Å²) in [7, 11) is 0. The quantitative estimate of drug-likeness (QED) is 0.750.